The second-order valence-electron chi connectivity index (χ2n) is 10.4. The summed E-state index contributed by atoms with van der Waals surface area (Å²) in [6.45, 7) is 8.68. The Bertz CT molecular complexity index is 1210. The van der Waals surface area contributed by atoms with Crippen molar-refractivity contribution in [2.75, 3.05) is 31.1 Å². The number of likely N-dealkylation sites (tertiary alicyclic amines) is 1. The lowest BCUT2D eigenvalue weighted by molar-refractivity contribution is -0.136. The van der Waals surface area contributed by atoms with Crippen LogP contribution in [0.4, 0.5) is 5.82 Å². The number of phenols is 1. The lowest BCUT2D eigenvalue weighted by Crippen LogP contribution is -2.59. The lowest BCUT2D eigenvalue weighted by Gasteiger charge is -2.47. The smallest absolute Gasteiger partial charge is 0.245 e. The molecule has 1 saturated carbocycles. The summed E-state index contributed by atoms with van der Waals surface area (Å²) in [5, 5.41) is 21.2. The quantitative estimate of drug-likeness (QED) is 0.732. The van der Waals surface area contributed by atoms with Crippen LogP contribution in [0.25, 0.3) is 11.1 Å². The molecule has 1 N–H and O–H groups in total. The first kappa shape index (κ1) is 20.3. The van der Waals surface area contributed by atoms with E-state index in [-0.39, 0.29) is 17.1 Å². The molecule has 7 rings (SSSR count). The maximum atomic E-state index is 12.0. The third kappa shape index (κ3) is 2.91. The Balaban J connectivity index is 1.45. The molecule has 2 aromatic rings. The SMILES string of the molecule is C=CC(=O)N1CC2(CCN(c3nc4c(c(-c5c(C)cccc5O)c3C#N)CC3CC4C3)C2)C1. The molecule has 3 fully saturated rings. The molecule has 33 heavy (non-hydrogen) atoms. The molecule has 3 heterocycles. The van der Waals surface area contributed by atoms with Crippen molar-refractivity contribution in [1.82, 2.24) is 9.88 Å². The molecule has 6 heteroatoms. The molecule has 3 aliphatic carbocycles. The molecule has 2 bridgehead atoms. The summed E-state index contributed by atoms with van der Waals surface area (Å²) in [6.07, 6.45) is 5.64. The van der Waals surface area contributed by atoms with Crippen molar-refractivity contribution in [2.24, 2.45) is 11.3 Å². The summed E-state index contributed by atoms with van der Waals surface area (Å²) in [5.41, 5.74) is 5.57. The van der Waals surface area contributed by atoms with Crippen LogP contribution in [0.1, 0.15) is 47.6 Å². The van der Waals surface area contributed by atoms with Crippen LogP contribution in [0.2, 0.25) is 0 Å². The molecular weight excluding hydrogens is 412 g/mol. The molecule has 2 saturated heterocycles. The van der Waals surface area contributed by atoms with Gasteiger partial charge in [0.25, 0.3) is 0 Å². The van der Waals surface area contributed by atoms with E-state index in [1.807, 2.05) is 24.0 Å². The lowest BCUT2D eigenvalue weighted by atomic mass is 9.63. The van der Waals surface area contributed by atoms with Gasteiger partial charge in [-0.1, -0.05) is 18.7 Å². The number of aromatic nitrogens is 1. The van der Waals surface area contributed by atoms with E-state index >= 15 is 0 Å². The summed E-state index contributed by atoms with van der Waals surface area (Å²) in [6, 6.07) is 8.04. The van der Waals surface area contributed by atoms with Crippen molar-refractivity contribution in [1.29, 1.82) is 5.26 Å². The number of carbonyl (C=O) groups is 1. The zero-order valence-corrected chi connectivity index (χ0v) is 19.0. The summed E-state index contributed by atoms with van der Waals surface area (Å²) in [5.74, 6) is 2.08. The molecule has 168 valence electrons. The molecule has 0 unspecified atom stereocenters. The Kier molecular flexibility index (Phi) is 4.35. The van der Waals surface area contributed by atoms with Gasteiger partial charge in [0, 0.05) is 54.3 Å². The monoisotopic (exact) mass is 440 g/mol. The van der Waals surface area contributed by atoms with Gasteiger partial charge < -0.3 is 14.9 Å². The number of carbonyl (C=O) groups excluding carboxylic acids is 1. The Morgan fingerprint density at radius 3 is 2.79 bits per heavy atom. The van der Waals surface area contributed by atoms with Crippen LogP contribution in [0, 0.1) is 29.6 Å². The van der Waals surface area contributed by atoms with Crippen LogP contribution in [-0.2, 0) is 11.2 Å². The van der Waals surface area contributed by atoms with E-state index in [9.17, 15) is 15.2 Å². The van der Waals surface area contributed by atoms with Crippen molar-refractivity contribution in [3.05, 3.63) is 53.2 Å². The summed E-state index contributed by atoms with van der Waals surface area (Å²) < 4.78 is 0. The van der Waals surface area contributed by atoms with Gasteiger partial charge in [0.15, 0.2) is 0 Å². The average Bonchev–Trinajstić information content (AvgIpc) is 3.21. The molecule has 2 aliphatic heterocycles. The topological polar surface area (TPSA) is 80.5 Å². The number of aryl methyl sites for hydroxylation is 1. The number of phenolic OH excluding ortho intramolecular Hbond substituents is 1. The van der Waals surface area contributed by atoms with Crippen molar-refractivity contribution >= 4 is 11.7 Å². The second-order valence-corrected chi connectivity index (χ2v) is 10.4. The number of pyridine rings is 1. The van der Waals surface area contributed by atoms with Crippen LogP contribution in [0.3, 0.4) is 0 Å². The second kappa shape index (κ2) is 7.08. The summed E-state index contributed by atoms with van der Waals surface area (Å²) in [4.78, 5) is 21.2. The van der Waals surface area contributed by atoms with Gasteiger partial charge in [0.05, 0.1) is 0 Å². The predicted molar refractivity (Wildman–Crippen MR) is 126 cm³/mol. The highest BCUT2D eigenvalue weighted by atomic mass is 16.3. The standard InChI is InChI=1S/C27H28N4O2/c1-3-22(33)31-14-27(15-31)7-8-30(13-27)26-20(12-28)24(23-16(2)5-4-6-21(23)32)19-11-17-9-18(10-17)25(19)29-26/h3-6,17-18,32H,1,7-11,13-15H2,2H3. The number of nitrogens with zero attached hydrogens (tertiary/aromatic N) is 4. The molecule has 1 spiro atoms. The number of hydrogen-bond acceptors (Lipinski definition) is 5. The van der Waals surface area contributed by atoms with Crippen molar-refractivity contribution in [2.45, 2.75) is 38.5 Å². The predicted octanol–water partition coefficient (Wildman–Crippen LogP) is 3.91. The van der Waals surface area contributed by atoms with Crippen molar-refractivity contribution in [3.63, 3.8) is 0 Å². The van der Waals surface area contributed by atoms with E-state index in [2.05, 4.69) is 17.5 Å². The van der Waals surface area contributed by atoms with Gasteiger partial charge in [-0.3, -0.25) is 4.79 Å². The molecule has 6 nitrogen and oxygen atoms in total. The number of aromatic hydroxyl groups is 1. The molecule has 5 aliphatic rings. The largest absolute Gasteiger partial charge is 0.507 e. The zero-order chi connectivity index (χ0) is 22.9. The number of nitriles is 1. The minimum absolute atomic E-state index is 0.0134. The van der Waals surface area contributed by atoms with Crippen molar-refractivity contribution < 1.29 is 9.90 Å². The van der Waals surface area contributed by atoms with E-state index in [4.69, 9.17) is 4.98 Å². The zero-order valence-electron chi connectivity index (χ0n) is 19.0. The summed E-state index contributed by atoms with van der Waals surface area (Å²) >= 11 is 0. The highest BCUT2D eigenvalue weighted by Crippen LogP contribution is 2.54. The van der Waals surface area contributed by atoms with E-state index in [0.29, 0.717) is 17.4 Å². The van der Waals surface area contributed by atoms with E-state index in [1.165, 1.54) is 18.9 Å². The van der Waals surface area contributed by atoms with E-state index in [0.717, 1.165) is 72.8 Å². The van der Waals surface area contributed by atoms with Crippen LogP contribution >= 0.6 is 0 Å². The van der Waals surface area contributed by atoms with Gasteiger partial charge in [-0.05, 0) is 61.8 Å². The molecule has 1 aromatic carbocycles. The number of benzene rings is 1. The highest BCUT2D eigenvalue weighted by Gasteiger charge is 2.50. The third-order valence-corrected chi connectivity index (χ3v) is 8.32. The molecule has 0 radical (unpaired) electrons. The number of hydrogen-bond donors (Lipinski definition) is 1. The molecule has 0 atom stereocenters. The maximum Gasteiger partial charge on any atom is 0.245 e. The minimum atomic E-state index is -0.0134. The first-order valence-electron chi connectivity index (χ1n) is 11.8. The van der Waals surface area contributed by atoms with Crippen LogP contribution in [0.5, 0.6) is 5.75 Å². The Hall–Kier alpha value is -3.33. The molecule has 1 amide bonds. The third-order valence-electron chi connectivity index (χ3n) is 8.32. The number of rotatable bonds is 3. The highest BCUT2D eigenvalue weighted by molar-refractivity contribution is 5.88. The van der Waals surface area contributed by atoms with Crippen LogP contribution in [-0.4, -0.2) is 47.1 Å². The molecule has 1 aromatic heterocycles. The van der Waals surface area contributed by atoms with Crippen LogP contribution in [0.15, 0.2) is 30.9 Å². The summed E-state index contributed by atoms with van der Waals surface area (Å²) in [7, 11) is 0. The van der Waals surface area contributed by atoms with Gasteiger partial charge >= 0.3 is 0 Å². The van der Waals surface area contributed by atoms with Gasteiger partial charge in [-0.25, -0.2) is 4.98 Å². The van der Waals surface area contributed by atoms with Gasteiger partial charge in [0.1, 0.15) is 23.2 Å². The average molecular weight is 441 g/mol. The van der Waals surface area contributed by atoms with E-state index < -0.39 is 0 Å². The maximum absolute atomic E-state index is 12.0. The fraction of sp³-hybridized carbons (Fsp3) is 0.444. The first-order valence-corrected chi connectivity index (χ1v) is 11.8. The minimum Gasteiger partial charge on any atom is -0.507 e. The van der Waals surface area contributed by atoms with Crippen LogP contribution < -0.4 is 4.90 Å². The van der Waals surface area contributed by atoms with Gasteiger partial charge in [0.2, 0.25) is 5.91 Å². The normalized spacial score (nSPS) is 24.0. The first-order chi connectivity index (χ1) is 15.9. The van der Waals surface area contributed by atoms with Gasteiger partial charge in [-0.15, -0.1) is 0 Å². The van der Waals surface area contributed by atoms with E-state index in [1.54, 1.807) is 6.07 Å². The Labute approximate surface area is 194 Å². The fourth-order valence-corrected chi connectivity index (χ4v) is 6.60. The van der Waals surface area contributed by atoms with Gasteiger partial charge in [-0.2, -0.15) is 5.26 Å². The Morgan fingerprint density at radius 2 is 2.09 bits per heavy atom. The number of amides is 1. The Morgan fingerprint density at radius 1 is 1.30 bits per heavy atom. The number of anilines is 1. The molecular formula is C27H28N4O2. The fourth-order valence-electron chi connectivity index (χ4n) is 6.60. The van der Waals surface area contributed by atoms with Crippen molar-refractivity contribution in [3.8, 4) is 22.9 Å².